The first-order valence-corrected chi connectivity index (χ1v) is 8.53. The molecule has 1 fully saturated rings. The molecule has 1 N–H and O–H groups in total. The molecule has 2 aromatic carbocycles. The van der Waals surface area contributed by atoms with Crippen LogP contribution in [0.25, 0.3) is 0 Å². The molecular weight excluding hydrogens is 316 g/mol. The normalized spacial score (nSPS) is 16.6. The van der Waals surface area contributed by atoms with Crippen LogP contribution in [0.2, 0.25) is 0 Å². The minimum absolute atomic E-state index is 0.0233. The second-order valence-electron chi connectivity index (χ2n) is 6.07. The maximum Gasteiger partial charge on any atom is 0.242 e. The number of benzene rings is 2. The van der Waals surface area contributed by atoms with Crippen molar-refractivity contribution in [2.75, 3.05) is 32.6 Å². The van der Waals surface area contributed by atoms with Gasteiger partial charge in [-0.25, -0.2) is 0 Å². The van der Waals surface area contributed by atoms with E-state index in [0.29, 0.717) is 0 Å². The van der Waals surface area contributed by atoms with Crippen LogP contribution in [-0.2, 0) is 4.79 Å². The summed E-state index contributed by atoms with van der Waals surface area (Å²) in [6.45, 7) is 1.05. The third-order valence-corrected chi connectivity index (χ3v) is 4.59. The summed E-state index contributed by atoms with van der Waals surface area (Å²) in [5.41, 5.74) is 1.96. The average molecular weight is 340 g/mol. The maximum absolute atomic E-state index is 12.7. The van der Waals surface area contributed by atoms with Crippen molar-refractivity contribution in [2.45, 2.75) is 18.9 Å². The number of nitrogens with one attached hydrogen (secondary N) is 1. The molecule has 132 valence electrons. The highest BCUT2D eigenvalue weighted by Crippen LogP contribution is 2.38. The summed E-state index contributed by atoms with van der Waals surface area (Å²) in [5.74, 6) is 1.66. The molecule has 0 aromatic heterocycles. The molecule has 0 bridgehead atoms. The van der Waals surface area contributed by atoms with Crippen LogP contribution in [0.1, 0.15) is 24.4 Å². The summed E-state index contributed by atoms with van der Waals surface area (Å²) in [6, 6.07) is 15.5. The Hall–Kier alpha value is -2.69. The second-order valence-corrected chi connectivity index (χ2v) is 6.07. The smallest absolute Gasteiger partial charge is 0.242 e. The van der Waals surface area contributed by atoms with Gasteiger partial charge in [-0.3, -0.25) is 4.79 Å². The summed E-state index contributed by atoms with van der Waals surface area (Å²) < 4.78 is 10.8. The van der Waals surface area contributed by atoms with E-state index >= 15 is 0 Å². The third kappa shape index (κ3) is 3.87. The Morgan fingerprint density at radius 3 is 2.68 bits per heavy atom. The first-order valence-electron chi connectivity index (χ1n) is 8.53. The Balaban J connectivity index is 1.75. The number of hydrogen-bond donors (Lipinski definition) is 1. The summed E-state index contributed by atoms with van der Waals surface area (Å²) in [6.07, 6.45) is 1.92. The Morgan fingerprint density at radius 1 is 1.16 bits per heavy atom. The van der Waals surface area contributed by atoms with Gasteiger partial charge in [0.1, 0.15) is 11.5 Å². The van der Waals surface area contributed by atoms with Gasteiger partial charge >= 0.3 is 0 Å². The number of methoxy groups -OCH3 is 2. The van der Waals surface area contributed by atoms with Crippen molar-refractivity contribution in [3.63, 3.8) is 0 Å². The fourth-order valence-corrected chi connectivity index (χ4v) is 3.32. The lowest BCUT2D eigenvalue weighted by atomic mass is 10.0. The van der Waals surface area contributed by atoms with E-state index in [1.165, 1.54) is 0 Å². The number of anilines is 1. The van der Waals surface area contributed by atoms with E-state index in [-0.39, 0.29) is 18.5 Å². The molecule has 0 spiro atoms. The number of hydrogen-bond acceptors (Lipinski definition) is 4. The number of rotatable bonds is 6. The molecule has 25 heavy (non-hydrogen) atoms. The average Bonchev–Trinajstić information content (AvgIpc) is 3.16. The zero-order valence-corrected chi connectivity index (χ0v) is 14.7. The van der Waals surface area contributed by atoms with Gasteiger partial charge in [-0.2, -0.15) is 0 Å². The van der Waals surface area contributed by atoms with Crippen molar-refractivity contribution >= 4 is 11.6 Å². The van der Waals surface area contributed by atoms with E-state index in [9.17, 15) is 4.79 Å². The third-order valence-electron chi connectivity index (χ3n) is 4.59. The van der Waals surface area contributed by atoms with Gasteiger partial charge in [-0.1, -0.05) is 18.2 Å². The second kappa shape index (κ2) is 7.92. The number of ether oxygens (including phenoxy) is 2. The lowest BCUT2D eigenvalue weighted by Crippen LogP contribution is -2.35. The van der Waals surface area contributed by atoms with Gasteiger partial charge in [-0.15, -0.1) is 0 Å². The largest absolute Gasteiger partial charge is 0.497 e. The van der Waals surface area contributed by atoms with Crippen molar-refractivity contribution in [1.82, 2.24) is 4.90 Å². The Labute approximate surface area is 148 Å². The maximum atomic E-state index is 12.7. The topological polar surface area (TPSA) is 50.8 Å². The molecule has 1 amide bonds. The quantitative estimate of drug-likeness (QED) is 0.875. The fourth-order valence-electron chi connectivity index (χ4n) is 3.32. The minimum Gasteiger partial charge on any atom is -0.497 e. The molecule has 5 nitrogen and oxygen atoms in total. The van der Waals surface area contributed by atoms with E-state index in [1.807, 2.05) is 53.4 Å². The van der Waals surface area contributed by atoms with Gasteiger partial charge in [0.05, 0.1) is 26.8 Å². The molecule has 3 rings (SSSR count). The number of carbonyl (C=O) groups is 1. The van der Waals surface area contributed by atoms with Gasteiger partial charge < -0.3 is 19.7 Å². The van der Waals surface area contributed by atoms with E-state index < -0.39 is 0 Å². The number of likely N-dealkylation sites (tertiary alicyclic amines) is 1. The summed E-state index contributed by atoms with van der Waals surface area (Å²) in [4.78, 5) is 14.7. The highest BCUT2D eigenvalue weighted by molar-refractivity contribution is 5.81. The molecule has 5 heteroatoms. The molecule has 2 aromatic rings. The van der Waals surface area contributed by atoms with Crippen LogP contribution in [0.3, 0.4) is 0 Å². The SMILES string of the molecule is COc1ccc(OC)c(C2CCCN2C(=O)CNc2ccccc2)c1. The first kappa shape index (κ1) is 17.1. The highest BCUT2D eigenvalue weighted by Gasteiger charge is 2.31. The lowest BCUT2D eigenvalue weighted by molar-refractivity contribution is -0.130. The standard InChI is InChI=1S/C20H24N2O3/c1-24-16-10-11-19(25-2)17(13-16)18-9-6-12-22(18)20(23)14-21-15-7-4-3-5-8-15/h3-5,7-8,10-11,13,18,21H,6,9,12,14H2,1-2H3. The van der Waals surface area contributed by atoms with Gasteiger partial charge in [0.15, 0.2) is 0 Å². The van der Waals surface area contributed by atoms with E-state index in [2.05, 4.69) is 5.32 Å². The van der Waals surface area contributed by atoms with Crippen LogP contribution < -0.4 is 14.8 Å². The van der Waals surface area contributed by atoms with Crippen molar-refractivity contribution < 1.29 is 14.3 Å². The van der Waals surface area contributed by atoms with Gasteiger partial charge in [0, 0.05) is 17.8 Å². The molecule has 0 radical (unpaired) electrons. The number of nitrogens with zero attached hydrogens (tertiary/aromatic N) is 1. The van der Waals surface area contributed by atoms with Gasteiger partial charge in [0.2, 0.25) is 5.91 Å². The number of amides is 1. The molecule has 0 saturated carbocycles. The van der Waals surface area contributed by atoms with Crippen molar-refractivity contribution in [3.8, 4) is 11.5 Å². The predicted octanol–water partition coefficient (Wildman–Crippen LogP) is 3.48. The Bertz CT molecular complexity index is 718. The highest BCUT2D eigenvalue weighted by atomic mass is 16.5. The van der Waals surface area contributed by atoms with Gasteiger partial charge in [-0.05, 0) is 43.2 Å². The van der Waals surface area contributed by atoms with Crippen LogP contribution in [0.15, 0.2) is 48.5 Å². The van der Waals surface area contributed by atoms with Crippen molar-refractivity contribution in [2.24, 2.45) is 0 Å². The predicted molar refractivity (Wildman–Crippen MR) is 98.2 cm³/mol. The van der Waals surface area contributed by atoms with Crippen LogP contribution >= 0.6 is 0 Å². The summed E-state index contributed by atoms with van der Waals surface area (Å²) in [7, 11) is 3.30. The zero-order valence-electron chi connectivity index (χ0n) is 14.7. The molecule has 1 saturated heterocycles. The number of para-hydroxylation sites is 1. The molecule has 1 atom stereocenters. The monoisotopic (exact) mass is 340 g/mol. The Kier molecular flexibility index (Phi) is 5.43. The first-order chi connectivity index (χ1) is 12.2. The summed E-state index contributed by atoms with van der Waals surface area (Å²) in [5, 5.41) is 3.20. The molecule has 1 aliphatic rings. The van der Waals surface area contributed by atoms with Crippen molar-refractivity contribution in [1.29, 1.82) is 0 Å². The van der Waals surface area contributed by atoms with Crippen molar-refractivity contribution in [3.05, 3.63) is 54.1 Å². The molecular formula is C20H24N2O3. The van der Waals surface area contributed by atoms with E-state index in [0.717, 1.165) is 42.1 Å². The zero-order chi connectivity index (χ0) is 17.6. The molecule has 1 aliphatic heterocycles. The molecule has 1 unspecified atom stereocenters. The Morgan fingerprint density at radius 2 is 1.96 bits per heavy atom. The van der Waals surface area contributed by atoms with Gasteiger partial charge in [0.25, 0.3) is 0 Å². The van der Waals surface area contributed by atoms with E-state index in [1.54, 1.807) is 14.2 Å². The van der Waals surface area contributed by atoms with Crippen LogP contribution in [0.4, 0.5) is 5.69 Å². The van der Waals surface area contributed by atoms with Crippen LogP contribution in [0.5, 0.6) is 11.5 Å². The summed E-state index contributed by atoms with van der Waals surface area (Å²) >= 11 is 0. The fraction of sp³-hybridized carbons (Fsp3) is 0.350. The minimum atomic E-state index is 0.0233. The lowest BCUT2D eigenvalue weighted by Gasteiger charge is -2.27. The number of carbonyl (C=O) groups excluding carboxylic acids is 1. The van der Waals surface area contributed by atoms with Crippen LogP contribution in [0, 0.1) is 0 Å². The molecule has 0 aliphatic carbocycles. The van der Waals surface area contributed by atoms with E-state index in [4.69, 9.17) is 9.47 Å². The molecule has 1 heterocycles. The van der Waals surface area contributed by atoms with Crippen LogP contribution in [-0.4, -0.2) is 38.1 Å².